The highest BCUT2D eigenvalue weighted by molar-refractivity contribution is 5.78. The van der Waals surface area contributed by atoms with Crippen molar-refractivity contribution in [3.05, 3.63) is 0 Å². The number of esters is 1. The SMILES string of the molecule is CCNCCCCNCCCCNCCCCNCCCCNCCOC(=O)[C@H](CCC(N)=O)NN[C@H](C=O)CC(C)C. The molecule has 0 aromatic heterocycles. The number of carbonyl (C=O) groups excluding carboxylic acids is 3. The minimum absolute atomic E-state index is 0.0454. The number of aldehydes is 1. The standard InChI is InChI=1S/C31H66N8O4/c1-4-33-15-5-6-16-34-17-7-8-18-35-19-9-10-20-36-21-11-12-22-37-23-24-43-31(42)29(13-14-30(32)41)39-38-28(26-40)25-27(2)3/h26-29,33-39H,4-25H2,1-3H3,(H2,32,41)/t28-,29-/m0/s1. The van der Waals surface area contributed by atoms with Crippen molar-refractivity contribution < 1.29 is 19.1 Å². The number of carbonyl (C=O) groups is 3. The second-order valence-electron chi connectivity index (χ2n) is 11.6. The van der Waals surface area contributed by atoms with E-state index in [4.69, 9.17) is 10.5 Å². The molecular formula is C31H66N8O4. The predicted octanol–water partition coefficient (Wildman–Crippen LogP) is 0.960. The maximum absolute atomic E-state index is 12.5. The molecule has 0 spiro atoms. The number of hydrogen-bond acceptors (Lipinski definition) is 11. The van der Waals surface area contributed by atoms with Gasteiger partial charge in [0.2, 0.25) is 5.91 Å². The average molecular weight is 615 g/mol. The number of hydrogen-bond donors (Lipinski definition) is 8. The summed E-state index contributed by atoms with van der Waals surface area (Å²) in [5, 5.41) is 17.2. The van der Waals surface area contributed by atoms with E-state index < -0.39 is 24.0 Å². The van der Waals surface area contributed by atoms with Crippen molar-refractivity contribution in [2.24, 2.45) is 11.7 Å². The molecule has 1 amide bonds. The first-order chi connectivity index (χ1) is 20.9. The van der Waals surface area contributed by atoms with Gasteiger partial charge in [0.05, 0.1) is 6.04 Å². The van der Waals surface area contributed by atoms with Crippen LogP contribution in [0.2, 0.25) is 0 Å². The van der Waals surface area contributed by atoms with Gasteiger partial charge in [-0.1, -0.05) is 20.8 Å². The zero-order chi connectivity index (χ0) is 31.8. The summed E-state index contributed by atoms with van der Waals surface area (Å²) in [7, 11) is 0. The molecule has 0 saturated carbocycles. The van der Waals surface area contributed by atoms with Gasteiger partial charge in [-0.25, -0.2) is 10.9 Å². The topological polar surface area (TPSA) is 171 Å². The Labute approximate surface area is 261 Å². The van der Waals surface area contributed by atoms with Crippen LogP contribution in [0.3, 0.4) is 0 Å². The molecule has 0 aromatic rings. The molecule has 0 fully saturated rings. The van der Waals surface area contributed by atoms with Crippen LogP contribution in [-0.2, 0) is 19.1 Å². The summed E-state index contributed by atoms with van der Waals surface area (Å²) in [5.74, 6) is -0.650. The molecule has 0 aliphatic carbocycles. The molecule has 0 aromatic carbocycles. The van der Waals surface area contributed by atoms with Gasteiger partial charge in [-0.05, 0) is 129 Å². The fourth-order valence-corrected chi connectivity index (χ4v) is 4.40. The van der Waals surface area contributed by atoms with E-state index in [1.54, 1.807) is 0 Å². The molecule has 254 valence electrons. The summed E-state index contributed by atoms with van der Waals surface area (Å²) in [5.41, 5.74) is 11.0. The zero-order valence-corrected chi connectivity index (χ0v) is 27.6. The molecule has 2 atom stereocenters. The van der Waals surface area contributed by atoms with Crippen molar-refractivity contribution in [3.63, 3.8) is 0 Å². The van der Waals surface area contributed by atoms with Gasteiger partial charge < -0.3 is 41.8 Å². The van der Waals surface area contributed by atoms with Gasteiger partial charge in [0.1, 0.15) is 18.9 Å². The molecular weight excluding hydrogens is 548 g/mol. The Hall–Kier alpha value is -1.67. The Morgan fingerprint density at radius 1 is 0.698 bits per heavy atom. The van der Waals surface area contributed by atoms with Crippen molar-refractivity contribution in [2.75, 3.05) is 72.1 Å². The van der Waals surface area contributed by atoms with Crippen molar-refractivity contribution in [1.82, 2.24) is 37.4 Å². The number of nitrogens with two attached hydrogens (primary N) is 1. The Kier molecular flexibility index (Phi) is 30.5. The third-order valence-electron chi connectivity index (χ3n) is 6.90. The number of ether oxygens (including phenoxy) is 1. The molecule has 0 unspecified atom stereocenters. The fraction of sp³-hybridized carbons (Fsp3) is 0.903. The van der Waals surface area contributed by atoms with Crippen molar-refractivity contribution in [3.8, 4) is 0 Å². The largest absolute Gasteiger partial charge is 0.463 e. The second kappa shape index (κ2) is 31.7. The lowest BCUT2D eigenvalue weighted by Crippen LogP contribution is -2.51. The Morgan fingerprint density at radius 3 is 1.53 bits per heavy atom. The van der Waals surface area contributed by atoms with E-state index in [0.29, 0.717) is 18.9 Å². The van der Waals surface area contributed by atoms with Crippen LogP contribution >= 0.6 is 0 Å². The smallest absolute Gasteiger partial charge is 0.324 e. The van der Waals surface area contributed by atoms with E-state index in [0.717, 1.165) is 78.0 Å². The van der Waals surface area contributed by atoms with Crippen LogP contribution in [-0.4, -0.2) is 102 Å². The van der Waals surface area contributed by atoms with E-state index in [1.807, 2.05) is 13.8 Å². The lowest BCUT2D eigenvalue weighted by Gasteiger charge is -2.21. The highest BCUT2D eigenvalue weighted by Gasteiger charge is 2.22. The summed E-state index contributed by atoms with van der Waals surface area (Å²) in [6.45, 7) is 16.5. The third kappa shape index (κ3) is 30.2. The highest BCUT2D eigenvalue weighted by atomic mass is 16.5. The first-order valence-electron chi connectivity index (χ1n) is 16.9. The molecule has 0 aliphatic rings. The summed E-state index contributed by atoms with van der Waals surface area (Å²) in [6.07, 6.45) is 11.2. The maximum Gasteiger partial charge on any atom is 0.324 e. The van der Waals surface area contributed by atoms with Gasteiger partial charge in [-0.2, -0.15) is 0 Å². The summed E-state index contributed by atoms with van der Waals surface area (Å²) >= 11 is 0. The number of rotatable bonds is 34. The minimum Gasteiger partial charge on any atom is -0.463 e. The van der Waals surface area contributed by atoms with Gasteiger partial charge >= 0.3 is 5.97 Å². The Balaban J connectivity index is 3.59. The van der Waals surface area contributed by atoms with Gasteiger partial charge in [-0.3, -0.25) is 9.59 Å². The molecule has 0 bridgehead atoms. The van der Waals surface area contributed by atoms with Crippen LogP contribution in [0, 0.1) is 5.92 Å². The van der Waals surface area contributed by atoms with E-state index in [9.17, 15) is 14.4 Å². The lowest BCUT2D eigenvalue weighted by molar-refractivity contribution is -0.146. The van der Waals surface area contributed by atoms with Crippen LogP contribution in [0.5, 0.6) is 0 Å². The molecule has 0 aliphatic heterocycles. The first-order valence-corrected chi connectivity index (χ1v) is 16.9. The van der Waals surface area contributed by atoms with Crippen LogP contribution in [0.1, 0.15) is 91.4 Å². The van der Waals surface area contributed by atoms with Gasteiger partial charge in [0.25, 0.3) is 0 Å². The second-order valence-corrected chi connectivity index (χ2v) is 11.6. The van der Waals surface area contributed by atoms with Crippen molar-refractivity contribution >= 4 is 18.2 Å². The number of primary amides is 1. The van der Waals surface area contributed by atoms with Gasteiger partial charge in [-0.15, -0.1) is 0 Å². The molecule has 12 heteroatoms. The highest BCUT2D eigenvalue weighted by Crippen LogP contribution is 2.04. The quantitative estimate of drug-likeness (QED) is 0.0225. The summed E-state index contributed by atoms with van der Waals surface area (Å²) in [6, 6.07) is -1.19. The van der Waals surface area contributed by atoms with Crippen molar-refractivity contribution in [1.29, 1.82) is 0 Å². The zero-order valence-electron chi connectivity index (χ0n) is 27.6. The molecule has 9 N–H and O–H groups in total. The Morgan fingerprint density at radius 2 is 1.14 bits per heavy atom. The molecule has 12 nitrogen and oxygen atoms in total. The molecule has 43 heavy (non-hydrogen) atoms. The number of unbranched alkanes of at least 4 members (excludes halogenated alkanes) is 4. The van der Waals surface area contributed by atoms with Crippen molar-refractivity contribution in [2.45, 2.75) is 103 Å². The molecule has 0 heterocycles. The number of hydrazine groups is 1. The minimum atomic E-state index is -0.760. The van der Waals surface area contributed by atoms with Crippen LogP contribution < -0.4 is 43.2 Å². The van der Waals surface area contributed by atoms with Crippen LogP contribution in [0.4, 0.5) is 0 Å². The van der Waals surface area contributed by atoms with E-state index in [-0.39, 0.29) is 19.4 Å². The monoisotopic (exact) mass is 615 g/mol. The normalized spacial score (nSPS) is 12.8. The van der Waals surface area contributed by atoms with Crippen LogP contribution in [0.25, 0.3) is 0 Å². The van der Waals surface area contributed by atoms with E-state index >= 15 is 0 Å². The summed E-state index contributed by atoms with van der Waals surface area (Å²) in [4.78, 5) is 34.9. The first kappa shape index (κ1) is 41.3. The third-order valence-corrected chi connectivity index (χ3v) is 6.90. The average Bonchev–Trinajstić information content (AvgIpc) is 2.98. The van der Waals surface area contributed by atoms with Gasteiger partial charge in [0, 0.05) is 13.0 Å². The predicted molar refractivity (Wildman–Crippen MR) is 176 cm³/mol. The maximum atomic E-state index is 12.5. The molecule has 0 saturated heterocycles. The Bertz CT molecular complexity index is 657. The molecule has 0 radical (unpaired) electrons. The summed E-state index contributed by atoms with van der Waals surface area (Å²) < 4.78 is 5.36. The number of nitrogens with one attached hydrogen (secondary N) is 7. The van der Waals surface area contributed by atoms with Crippen LogP contribution in [0.15, 0.2) is 0 Å². The van der Waals surface area contributed by atoms with E-state index in [2.05, 4.69) is 44.4 Å². The molecule has 0 rings (SSSR count). The number of amides is 1. The lowest BCUT2D eigenvalue weighted by atomic mass is 10.1. The fourth-order valence-electron chi connectivity index (χ4n) is 4.40. The van der Waals surface area contributed by atoms with Gasteiger partial charge in [0.15, 0.2) is 0 Å². The van der Waals surface area contributed by atoms with E-state index in [1.165, 1.54) is 38.5 Å².